The monoisotopic (exact) mass is 281 g/mol. The molecule has 3 rings (SSSR count). The highest BCUT2D eigenvalue weighted by Crippen LogP contribution is 2.38. The second-order valence-corrected chi connectivity index (χ2v) is 6.33. The van der Waals surface area contributed by atoms with Crippen molar-refractivity contribution in [2.24, 2.45) is 5.92 Å². The zero-order valence-electron chi connectivity index (χ0n) is 13.0. The van der Waals surface area contributed by atoms with E-state index in [9.17, 15) is 5.11 Å². The highest BCUT2D eigenvalue weighted by molar-refractivity contribution is 5.58. The van der Waals surface area contributed by atoms with Gasteiger partial charge in [-0.05, 0) is 49.4 Å². The van der Waals surface area contributed by atoms with Gasteiger partial charge in [-0.25, -0.2) is 0 Å². The number of anilines is 1. The molecular weight excluding hydrogens is 258 g/mol. The van der Waals surface area contributed by atoms with Gasteiger partial charge < -0.3 is 10.0 Å². The van der Waals surface area contributed by atoms with E-state index in [1.807, 2.05) is 13.0 Å². The van der Waals surface area contributed by atoms with Crippen molar-refractivity contribution in [1.29, 1.82) is 0 Å². The van der Waals surface area contributed by atoms with Gasteiger partial charge in [0.2, 0.25) is 0 Å². The quantitative estimate of drug-likeness (QED) is 0.878. The number of para-hydroxylation sites is 1. The van der Waals surface area contributed by atoms with Crippen LogP contribution in [0.5, 0.6) is 5.75 Å². The van der Waals surface area contributed by atoms with Crippen LogP contribution in [0.25, 0.3) is 0 Å². The second kappa shape index (κ2) is 5.44. The fourth-order valence-electron chi connectivity index (χ4n) is 3.38. The Morgan fingerprint density at radius 3 is 2.71 bits per heavy atom. The van der Waals surface area contributed by atoms with Crippen LogP contribution in [0.3, 0.4) is 0 Å². The van der Waals surface area contributed by atoms with Crippen LogP contribution in [0.1, 0.15) is 36.6 Å². The number of phenols is 1. The Morgan fingerprint density at radius 1 is 1.19 bits per heavy atom. The topological polar surface area (TPSA) is 23.5 Å². The molecule has 2 nitrogen and oxygen atoms in total. The van der Waals surface area contributed by atoms with Gasteiger partial charge in [-0.3, -0.25) is 0 Å². The number of hydrogen-bond donors (Lipinski definition) is 1. The number of aromatic hydroxyl groups is 1. The molecule has 2 aromatic carbocycles. The highest BCUT2D eigenvalue weighted by atomic mass is 16.3. The molecule has 2 heteroatoms. The molecule has 0 spiro atoms. The second-order valence-electron chi connectivity index (χ2n) is 6.33. The van der Waals surface area contributed by atoms with Gasteiger partial charge in [0, 0.05) is 17.8 Å². The summed E-state index contributed by atoms with van der Waals surface area (Å²) >= 11 is 0. The van der Waals surface area contributed by atoms with Gasteiger partial charge in [-0.2, -0.15) is 0 Å². The summed E-state index contributed by atoms with van der Waals surface area (Å²) in [5.41, 5.74) is 4.82. The number of rotatable bonds is 2. The van der Waals surface area contributed by atoms with Gasteiger partial charge >= 0.3 is 0 Å². The Bertz CT molecular complexity index is 650. The summed E-state index contributed by atoms with van der Waals surface area (Å²) in [6.45, 7) is 7.52. The summed E-state index contributed by atoms with van der Waals surface area (Å²) in [7, 11) is 0. The fourth-order valence-corrected chi connectivity index (χ4v) is 3.38. The first-order chi connectivity index (χ1) is 10.1. The maximum absolute atomic E-state index is 10.3. The smallest absolute Gasteiger partial charge is 0.121 e. The summed E-state index contributed by atoms with van der Waals surface area (Å²) < 4.78 is 0. The van der Waals surface area contributed by atoms with Gasteiger partial charge in [0.1, 0.15) is 5.75 Å². The van der Waals surface area contributed by atoms with Gasteiger partial charge in [0.15, 0.2) is 0 Å². The molecular formula is C19H23NO. The number of phenolic OH excluding ortho intramolecular Hbond substituents is 1. The number of benzene rings is 2. The normalized spacial score (nSPS) is 19.2. The van der Waals surface area contributed by atoms with Crippen molar-refractivity contribution in [3.63, 3.8) is 0 Å². The number of nitrogens with zero attached hydrogens (tertiary/aromatic N) is 1. The average molecular weight is 281 g/mol. The van der Waals surface area contributed by atoms with Crippen LogP contribution in [0.4, 0.5) is 5.69 Å². The van der Waals surface area contributed by atoms with Crippen LogP contribution in [0.15, 0.2) is 42.5 Å². The molecule has 0 radical (unpaired) electrons. The summed E-state index contributed by atoms with van der Waals surface area (Å²) in [6, 6.07) is 14.8. The number of fused-ring (bicyclic) bond motifs is 1. The van der Waals surface area contributed by atoms with Gasteiger partial charge in [0.25, 0.3) is 0 Å². The molecule has 2 atom stereocenters. The lowest BCUT2D eigenvalue weighted by Gasteiger charge is -2.39. The number of aryl methyl sites for hydroxylation is 1. The fraction of sp³-hybridized carbons (Fsp3) is 0.368. The largest absolute Gasteiger partial charge is 0.508 e. The lowest BCUT2D eigenvalue weighted by atomic mass is 9.91. The van der Waals surface area contributed by atoms with Crippen molar-refractivity contribution < 1.29 is 5.11 Å². The summed E-state index contributed by atoms with van der Waals surface area (Å²) in [5, 5.41) is 10.3. The molecule has 110 valence electrons. The van der Waals surface area contributed by atoms with E-state index in [1.165, 1.54) is 11.3 Å². The maximum atomic E-state index is 10.3. The Balaban J connectivity index is 1.99. The third kappa shape index (κ3) is 2.63. The molecule has 0 aliphatic carbocycles. The lowest BCUT2D eigenvalue weighted by molar-refractivity contribution is 0.450. The molecule has 0 saturated heterocycles. The van der Waals surface area contributed by atoms with Crippen molar-refractivity contribution in [1.82, 2.24) is 0 Å². The molecule has 0 saturated carbocycles. The molecule has 21 heavy (non-hydrogen) atoms. The van der Waals surface area contributed by atoms with Crippen molar-refractivity contribution in [2.45, 2.75) is 33.2 Å². The summed E-state index contributed by atoms with van der Waals surface area (Å²) in [4.78, 5) is 2.42. The third-order valence-electron chi connectivity index (χ3n) is 4.48. The first-order valence-electron chi connectivity index (χ1n) is 7.70. The van der Waals surface area contributed by atoms with E-state index in [4.69, 9.17) is 0 Å². The summed E-state index contributed by atoms with van der Waals surface area (Å²) in [6.07, 6.45) is 1.14. The van der Waals surface area contributed by atoms with Crippen LogP contribution in [0.2, 0.25) is 0 Å². The van der Waals surface area contributed by atoms with Crippen LogP contribution in [-0.2, 0) is 6.42 Å². The van der Waals surface area contributed by atoms with E-state index in [-0.39, 0.29) is 6.04 Å². The molecule has 2 aromatic rings. The Morgan fingerprint density at radius 2 is 1.95 bits per heavy atom. The van der Waals surface area contributed by atoms with Crippen molar-refractivity contribution >= 4 is 5.69 Å². The summed E-state index contributed by atoms with van der Waals surface area (Å²) in [5.74, 6) is 1.04. The van der Waals surface area contributed by atoms with Crippen LogP contribution < -0.4 is 4.90 Å². The zero-order valence-corrected chi connectivity index (χ0v) is 13.0. The van der Waals surface area contributed by atoms with Gasteiger partial charge in [-0.15, -0.1) is 0 Å². The first-order valence-corrected chi connectivity index (χ1v) is 7.70. The average Bonchev–Trinajstić information content (AvgIpc) is 2.45. The SMILES string of the molecule is Cc1ccc(C(C)N2CC(C)Cc3ccccc32)c(O)c1. The molecule has 0 fully saturated rings. The van der Waals surface area contributed by atoms with E-state index >= 15 is 0 Å². The minimum absolute atomic E-state index is 0.175. The molecule has 0 aromatic heterocycles. The van der Waals surface area contributed by atoms with Crippen LogP contribution in [0, 0.1) is 12.8 Å². The molecule has 0 amide bonds. The third-order valence-corrected chi connectivity index (χ3v) is 4.48. The molecule has 2 unspecified atom stereocenters. The Labute approximate surface area is 127 Å². The van der Waals surface area contributed by atoms with E-state index < -0.39 is 0 Å². The minimum Gasteiger partial charge on any atom is -0.508 e. The highest BCUT2D eigenvalue weighted by Gasteiger charge is 2.26. The Hall–Kier alpha value is -1.96. The molecule has 1 aliphatic heterocycles. The zero-order chi connectivity index (χ0) is 15.0. The van der Waals surface area contributed by atoms with Crippen molar-refractivity contribution in [3.8, 4) is 5.75 Å². The minimum atomic E-state index is 0.175. The van der Waals surface area contributed by atoms with Crippen LogP contribution >= 0.6 is 0 Å². The van der Waals surface area contributed by atoms with Crippen molar-refractivity contribution in [3.05, 3.63) is 59.2 Å². The van der Waals surface area contributed by atoms with Gasteiger partial charge in [-0.1, -0.05) is 37.3 Å². The van der Waals surface area contributed by atoms with E-state index in [0.29, 0.717) is 11.7 Å². The Kier molecular flexibility index (Phi) is 3.62. The lowest BCUT2D eigenvalue weighted by Crippen LogP contribution is -2.36. The van der Waals surface area contributed by atoms with E-state index in [0.717, 1.165) is 24.1 Å². The molecule has 1 aliphatic rings. The van der Waals surface area contributed by atoms with E-state index in [2.05, 4.69) is 55.1 Å². The molecule has 0 bridgehead atoms. The van der Waals surface area contributed by atoms with Gasteiger partial charge in [0.05, 0.1) is 6.04 Å². The first kappa shape index (κ1) is 14.0. The molecule has 1 heterocycles. The standard InChI is InChI=1S/C19H23NO/c1-13-8-9-17(19(21)11-13)15(3)20-12-14(2)10-16-6-4-5-7-18(16)20/h4-9,11,14-15,21H,10,12H2,1-3H3. The maximum Gasteiger partial charge on any atom is 0.121 e. The van der Waals surface area contributed by atoms with Crippen molar-refractivity contribution in [2.75, 3.05) is 11.4 Å². The van der Waals surface area contributed by atoms with Crippen LogP contribution in [-0.4, -0.2) is 11.7 Å². The molecule has 1 N–H and O–H groups in total. The predicted octanol–water partition coefficient (Wildman–Crippen LogP) is 4.46. The number of hydrogen-bond acceptors (Lipinski definition) is 2. The van der Waals surface area contributed by atoms with E-state index in [1.54, 1.807) is 0 Å². The predicted molar refractivity (Wildman–Crippen MR) is 87.9 cm³/mol.